The van der Waals surface area contributed by atoms with Gasteiger partial charge in [-0.2, -0.15) is 0 Å². The molecular weight excluding hydrogens is 238 g/mol. The van der Waals surface area contributed by atoms with Gasteiger partial charge in [0.15, 0.2) is 0 Å². The highest BCUT2D eigenvalue weighted by molar-refractivity contribution is 5.33. The molecule has 1 heterocycles. The zero-order valence-corrected chi connectivity index (χ0v) is 12.2. The molecule has 1 aliphatic rings. The van der Waals surface area contributed by atoms with E-state index >= 15 is 0 Å². The minimum absolute atomic E-state index is 0.0929. The topological polar surface area (TPSA) is 41.7 Å². The highest BCUT2D eigenvalue weighted by atomic mass is 16.5. The Labute approximate surface area is 116 Å². The Kier molecular flexibility index (Phi) is 4.45. The molecule has 1 unspecified atom stereocenters. The minimum Gasteiger partial charge on any atom is -0.496 e. The van der Waals surface area contributed by atoms with Gasteiger partial charge in [-0.25, -0.2) is 0 Å². The van der Waals surface area contributed by atoms with Crippen LogP contribution in [0.25, 0.3) is 0 Å². The Morgan fingerprint density at radius 3 is 2.74 bits per heavy atom. The molecule has 0 spiro atoms. The van der Waals surface area contributed by atoms with Crippen LogP contribution in [0.1, 0.15) is 12.0 Å². The van der Waals surface area contributed by atoms with E-state index in [4.69, 9.17) is 10.5 Å². The van der Waals surface area contributed by atoms with Crippen LogP contribution in [0, 0.1) is 0 Å². The predicted octanol–water partition coefficient (Wildman–Crippen LogP) is 1.16. The van der Waals surface area contributed by atoms with E-state index in [1.165, 1.54) is 5.56 Å². The molecule has 1 aliphatic heterocycles. The summed E-state index contributed by atoms with van der Waals surface area (Å²) >= 11 is 0. The molecule has 0 bridgehead atoms. The molecule has 0 radical (unpaired) electrons. The summed E-state index contributed by atoms with van der Waals surface area (Å²) in [5.74, 6) is 0.952. The molecule has 4 heteroatoms. The van der Waals surface area contributed by atoms with E-state index in [1.54, 1.807) is 7.11 Å². The second-order valence-electron chi connectivity index (χ2n) is 5.58. The monoisotopic (exact) mass is 263 g/mol. The molecule has 4 nitrogen and oxygen atoms in total. The summed E-state index contributed by atoms with van der Waals surface area (Å²) in [4.78, 5) is 4.74. The number of ether oxygens (including phenoxy) is 1. The fourth-order valence-electron chi connectivity index (χ4n) is 2.95. The van der Waals surface area contributed by atoms with Gasteiger partial charge in [0.2, 0.25) is 0 Å². The van der Waals surface area contributed by atoms with Crippen LogP contribution < -0.4 is 10.5 Å². The van der Waals surface area contributed by atoms with Crippen LogP contribution in [0.2, 0.25) is 0 Å². The molecule has 1 aromatic rings. The van der Waals surface area contributed by atoms with E-state index in [1.807, 2.05) is 12.1 Å². The zero-order valence-electron chi connectivity index (χ0n) is 12.2. The largest absolute Gasteiger partial charge is 0.496 e. The molecule has 1 fully saturated rings. The lowest BCUT2D eigenvalue weighted by atomic mass is 9.96. The Morgan fingerprint density at radius 1 is 1.42 bits per heavy atom. The van der Waals surface area contributed by atoms with E-state index in [9.17, 15) is 0 Å². The van der Waals surface area contributed by atoms with Gasteiger partial charge in [0, 0.05) is 30.7 Å². The SMILES string of the molecule is COc1ccccc1CN(C)C1(CN)CCN(C)C1. The summed E-state index contributed by atoms with van der Waals surface area (Å²) in [5.41, 5.74) is 7.37. The Hall–Kier alpha value is -1.10. The lowest BCUT2D eigenvalue weighted by Crippen LogP contribution is -2.53. The maximum absolute atomic E-state index is 6.06. The maximum atomic E-state index is 6.06. The van der Waals surface area contributed by atoms with Crippen molar-refractivity contribution in [3.05, 3.63) is 29.8 Å². The number of nitrogens with zero attached hydrogens (tertiary/aromatic N) is 2. The standard InChI is InChI=1S/C15H25N3O/c1-17-9-8-15(11-16,12-17)18(2)10-13-6-4-5-7-14(13)19-3/h4-7H,8-12,16H2,1-3H3. The van der Waals surface area contributed by atoms with E-state index in [-0.39, 0.29) is 5.54 Å². The molecule has 106 valence electrons. The van der Waals surface area contributed by atoms with Gasteiger partial charge in [-0.3, -0.25) is 4.90 Å². The summed E-state index contributed by atoms with van der Waals surface area (Å²) in [5, 5.41) is 0. The molecule has 1 aromatic carbocycles. The highest BCUT2D eigenvalue weighted by Gasteiger charge is 2.39. The van der Waals surface area contributed by atoms with Crippen molar-refractivity contribution in [2.45, 2.75) is 18.5 Å². The van der Waals surface area contributed by atoms with Crippen LogP contribution >= 0.6 is 0 Å². The van der Waals surface area contributed by atoms with E-state index < -0.39 is 0 Å². The zero-order chi connectivity index (χ0) is 13.9. The van der Waals surface area contributed by atoms with Crippen LogP contribution in [0.4, 0.5) is 0 Å². The quantitative estimate of drug-likeness (QED) is 0.865. The van der Waals surface area contributed by atoms with Crippen molar-refractivity contribution >= 4 is 0 Å². The van der Waals surface area contributed by atoms with E-state index in [2.05, 4.69) is 36.0 Å². The number of methoxy groups -OCH3 is 1. The van der Waals surface area contributed by atoms with Crippen molar-refractivity contribution in [3.63, 3.8) is 0 Å². The van der Waals surface area contributed by atoms with Crippen LogP contribution in [-0.2, 0) is 6.54 Å². The molecule has 2 rings (SSSR count). The van der Waals surface area contributed by atoms with E-state index in [0.717, 1.165) is 31.8 Å². The number of rotatable bonds is 5. The summed E-state index contributed by atoms with van der Waals surface area (Å²) in [6.07, 6.45) is 1.13. The normalized spacial score (nSPS) is 24.1. The first-order valence-corrected chi connectivity index (χ1v) is 6.83. The molecule has 19 heavy (non-hydrogen) atoms. The van der Waals surface area contributed by atoms with Crippen molar-refractivity contribution in [3.8, 4) is 5.75 Å². The number of likely N-dealkylation sites (N-methyl/N-ethyl adjacent to an activating group) is 2. The van der Waals surface area contributed by atoms with Crippen molar-refractivity contribution < 1.29 is 4.74 Å². The third kappa shape index (κ3) is 2.91. The van der Waals surface area contributed by atoms with Gasteiger partial charge in [-0.05, 0) is 33.1 Å². The maximum Gasteiger partial charge on any atom is 0.123 e. The highest BCUT2D eigenvalue weighted by Crippen LogP contribution is 2.28. The number of hydrogen-bond donors (Lipinski definition) is 1. The fourth-order valence-corrected chi connectivity index (χ4v) is 2.95. The molecule has 2 N–H and O–H groups in total. The number of likely N-dealkylation sites (tertiary alicyclic amines) is 1. The Balaban J connectivity index is 2.13. The van der Waals surface area contributed by atoms with Gasteiger partial charge in [-0.15, -0.1) is 0 Å². The van der Waals surface area contributed by atoms with Crippen LogP contribution in [0.3, 0.4) is 0 Å². The predicted molar refractivity (Wildman–Crippen MR) is 78.4 cm³/mol. The number of hydrogen-bond acceptors (Lipinski definition) is 4. The van der Waals surface area contributed by atoms with Gasteiger partial charge in [-0.1, -0.05) is 18.2 Å². The van der Waals surface area contributed by atoms with Gasteiger partial charge >= 0.3 is 0 Å². The lowest BCUT2D eigenvalue weighted by Gasteiger charge is -2.38. The van der Waals surface area contributed by atoms with Gasteiger partial charge in [0.25, 0.3) is 0 Å². The number of benzene rings is 1. The Morgan fingerprint density at radius 2 is 2.16 bits per heavy atom. The molecule has 0 amide bonds. The number of para-hydroxylation sites is 1. The average Bonchev–Trinajstić information content (AvgIpc) is 2.82. The first kappa shape index (κ1) is 14.3. The first-order chi connectivity index (χ1) is 9.11. The third-order valence-electron chi connectivity index (χ3n) is 4.31. The molecule has 0 saturated carbocycles. The fraction of sp³-hybridized carbons (Fsp3) is 0.600. The number of nitrogens with two attached hydrogens (primary N) is 1. The molecule has 0 aliphatic carbocycles. The van der Waals surface area contributed by atoms with Gasteiger partial charge < -0.3 is 15.4 Å². The molecule has 1 saturated heterocycles. The molecular formula is C15H25N3O. The van der Waals surface area contributed by atoms with Crippen LogP contribution in [0.15, 0.2) is 24.3 Å². The smallest absolute Gasteiger partial charge is 0.123 e. The van der Waals surface area contributed by atoms with Crippen molar-refractivity contribution in [1.29, 1.82) is 0 Å². The third-order valence-corrected chi connectivity index (χ3v) is 4.31. The lowest BCUT2D eigenvalue weighted by molar-refractivity contribution is 0.125. The summed E-state index contributed by atoms with van der Waals surface area (Å²) in [7, 11) is 6.05. The summed E-state index contributed by atoms with van der Waals surface area (Å²) in [6.45, 7) is 3.72. The second-order valence-corrected chi connectivity index (χ2v) is 5.58. The Bertz CT molecular complexity index is 424. The second kappa shape index (κ2) is 5.90. The molecule has 0 aromatic heterocycles. The van der Waals surface area contributed by atoms with Crippen molar-refractivity contribution in [2.75, 3.05) is 40.8 Å². The summed E-state index contributed by atoms with van der Waals surface area (Å²) < 4.78 is 5.43. The van der Waals surface area contributed by atoms with E-state index in [0.29, 0.717) is 6.54 Å². The van der Waals surface area contributed by atoms with Gasteiger partial charge in [0.1, 0.15) is 5.75 Å². The minimum atomic E-state index is 0.0929. The first-order valence-electron chi connectivity index (χ1n) is 6.83. The average molecular weight is 263 g/mol. The van der Waals surface area contributed by atoms with Gasteiger partial charge in [0.05, 0.1) is 7.11 Å². The summed E-state index contributed by atoms with van der Waals surface area (Å²) in [6, 6.07) is 8.20. The molecule has 1 atom stereocenters. The van der Waals surface area contributed by atoms with Crippen molar-refractivity contribution in [1.82, 2.24) is 9.80 Å². The van der Waals surface area contributed by atoms with Crippen LogP contribution in [0.5, 0.6) is 5.75 Å². The van der Waals surface area contributed by atoms with Crippen molar-refractivity contribution in [2.24, 2.45) is 5.73 Å². The van der Waals surface area contributed by atoms with Crippen LogP contribution in [-0.4, -0.2) is 56.2 Å².